The number of imide groups is 1. The van der Waals surface area contributed by atoms with Gasteiger partial charge in [-0.1, -0.05) is 12.1 Å². The highest BCUT2D eigenvalue weighted by atomic mass is 19.1. The van der Waals surface area contributed by atoms with Crippen LogP contribution in [-0.4, -0.2) is 126 Å². The maximum absolute atomic E-state index is 15.7. The minimum absolute atomic E-state index is 0.113. The normalized spacial score (nSPS) is 21.0. The fraction of sp³-hybridized carbons (Fsp3) is 0.472. The lowest BCUT2D eigenvalue weighted by Crippen LogP contribution is -2.53. The van der Waals surface area contributed by atoms with Gasteiger partial charge in [0.25, 0.3) is 5.91 Å². The average Bonchev–Trinajstić information content (AvgIpc) is 3.83. The third-order valence-electron chi connectivity index (χ3n) is 15.8. The second-order valence-electron chi connectivity index (χ2n) is 19.9. The van der Waals surface area contributed by atoms with Gasteiger partial charge in [0, 0.05) is 132 Å². The molecule has 8 heterocycles. The Balaban J connectivity index is 0.685. The molecule has 4 aromatic heterocycles. The number of pyridine rings is 2. The number of benzene rings is 2. The number of fused-ring (bicyclic) bond motifs is 2. The van der Waals surface area contributed by atoms with E-state index in [2.05, 4.69) is 86.1 Å². The number of anilines is 1. The first-order chi connectivity index (χ1) is 33.3. The van der Waals surface area contributed by atoms with E-state index in [9.17, 15) is 19.2 Å². The molecule has 0 bridgehead atoms. The van der Waals surface area contributed by atoms with E-state index in [-0.39, 0.29) is 36.7 Å². The van der Waals surface area contributed by atoms with Crippen molar-refractivity contribution in [3.05, 3.63) is 112 Å². The monoisotopic (exact) mass is 938 g/mol. The summed E-state index contributed by atoms with van der Waals surface area (Å²) < 4.78 is 20.7. The molecule has 4 fully saturated rings. The number of nitrogens with one attached hydrogen (secondary N) is 2. The zero-order valence-electron chi connectivity index (χ0n) is 40.5. The number of hydrogen-bond acceptors (Lipinski definition) is 10. The molecule has 10 rings (SSSR count). The van der Waals surface area contributed by atoms with Gasteiger partial charge in [0.2, 0.25) is 11.8 Å². The number of rotatable bonds is 11. The number of amides is 3. The molecular formula is C53H64FN11O4. The molecule has 2 aromatic carbocycles. The Morgan fingerprint density at radius 3 is 2.33 bits per heavy atom. The third kappa shape index (κ3) is 9.09. The van der Waals surface area contributed by atoms with Crippen molar-refractivity contribution in [1.82, 2.24) is 48.6 Å². The summed E-state index contributed by atoms with van der Waals surface area (Å²) >= 11 is 0. The van der Waals surface area contributed by atoms with Crippen LogP contribution in [0.1, 0.15) is 97.6 Å². The van der Waals surface area contributed by atoms with E-state index in [1.807, 2.05) is 42.5 Å². The van der Waals surface area contributed by atoms with Gasteiger partial charge in [-0.05, 0) is 124 Å². The summed E-state index contributed by atoms with van der Waals surface area (Å²) in [6.45, 7) is 11.9. The Kier molecular flexibility index (Phi) is 13.0. The van der Waals surface area contributed by atoms with Gasteiger partial charge in [0.05, 0.1) is 11.0 Å². The fourth-order valence-corrected chi connectivity index (χ4v) is 11.6. The highest BCUT2D eigenvalue weighted by Crippen LogP contribution is 2.37. The smallest absolute Gasteiger partial charge is 0.329 e. The van der Waals surface area contributed by atoms with Crippen LogP contribution >= 0.6 is 0 Å². The van der Waals surface area contributed by atoms with Crippen LogP contribution in [0.4, 0.5) is 10.2 Å². The second-order valence-corrected chi connectivity index (χ2v) is 19.9. The standard InChI is InChI=1S/C53H64FN11O4/c1-33-30-61(32-40-26-46-47(28-43(40)54)65(53(69)60(46)5)44-11-13-49(66)58-51(44)67)24-25-64(33)31-35-15-20-63(21-16-35)52(68)38-8-6-36(7-9-38)37-17-22-62(23-18-37)34(2)45-27-42-41(14-19-56-50(42)59(45)4)39-10-12-48(55-3)57-29-39/h6-10,12,14,19,26-29,33-35,37,44H,11,13,15-18,20-25,30-32H2,1-5H3,(H,55,57)(H,58,66,67)/t33-,34-,44-/m0/s1. The predicted molar refractivity (Wildman–Crippen MR) is 265 cm³/mol. The summed E-state index contributed by atoms with van der Waals surface area (Å²) in [5, 5.41) is 6.54. The van der Waals surface area contributed by atoms with Crippen LogP contribution in [0.3, 0.4) is 0 Å². The van der Waals surface area contributed by atoms with Crippen molar-refractivity contribution in [2.24, 2.45) is 20.0 Å². The summed E-state index contributed by atoms with van der Waals surface area (Å²) in [7, 11) is 5.63. The van der Waals surface area contributed by atoms with E-state index in [1.54, 1.807) is 13.1 Å². The number of nitrogens with zero attached hydrogens (tertiary/aromatic N) is 9. The average molecular weight is 938 g/mol. The SMILES string of the molecule is CNc1ccc(-c2ccnc3c2cc([C@H](C)N2CCC(c4ccc(C(=O)N5CCC(CN6CCN(Cc7cc8c(cc7F)n([C@H]7CCC(=O)NC7=O)c(=O)n8C)C[C@@H]6C)CC5)cc4)CC2)n3C)cn1. The molecule has 4 aliphatic rings. The molecule has 3 amide bonds. The quantitative estimate of drug-likeness (QED) is 0.139. The molecule has 6 aromatic rings. The van der Waals surface area contributed by atoms with Crippen LogP contribution in [0, 0.1) is 11.7 Å². The fourth-order valence-electron chi connectivity index (χ4n) is 11.6. The summed E-state index contributed by atoms with van der Waals surface area (Å²) in [5.74, 6) is 0.596. The number of carbonyl (C=O) groups is 3. The number of piperidine rings is 3. The van der Waals surface area contributed by atoms with E-state index < -0.39 is 23.5 Å². The molecule has 0 saturated carbocycles. The van der Waals surface area contributed by atoms with Gasteiger partial charge in [0.15, 0.2) is 0 Å². The lowest BCUT2D eigenvalue weighted by molar-refractivity contribution is -0.135. The van der Waals surface area contributed by atoms with Crippen molar-refractivity contribution in [1.29, 1.82) is 0 Å². The van der Waals surface area contributed by atoms with Crippen LogP contribution in [0.5, 0.6) is 0 Å². The highest BCUT2D eigenvalue weighted by Gasteiger charge is 2.34. The second kappa shape index (κ2) is 19.3. The van der Waals surface area contributed by atoms with E-state index in [0.717, 1.165) is 112 Å². The van der Waals surface area contributed by atoms with Crippen molar-refractivity contribution < 1.29 is 18.8 Å². The van der Waals surface area contributed by atoms with Crippen molar-refractivity contribution in [3.63, 3.8) is 0 Å². The van der Waals surface area contributed by atoms with Gasteiger partial charge in [-0.15, -0.1) is 0 Å². The molecule has 0 aliphatic carbocycles. The molecule has 0 unspecified atom stereocenters. The minimum Gasteiger partial charge on any atom is -0.373 e. The number of imidazole rings is 1. The Hall–Kier alpha value is -6.23. The molecule has 3 atom stereocenters. The molecule has 4 saturated heterocycles. The summed E-state index contributed by atoms with van der Waals surface area (Å²) in [5.41, 5.74) is 7.52. The summed E-state index contributed by atoms with van der Waals surface area (Å²) in [4.78, 5) is 70.1. The van der Waals surface area contributed by atoms with Crippen molar-refractivity contribution in [2.75, 3.05) is 64.7 Å². The van der Waals surface area contributed by atoms with Crippen molar-refractivity contribution >= 4 is 45.6 Å². The van der Waals surface area contributed by atoms with Crippen LogP contribution < -0.4 is 16.3 Å². The topological polar surface area (TPSA) is 146 Å². The molecule has 0 spiro atoms. The zero-order valence-corrected chi connectivity index (χ0v) is 40.5. The van der Waals surface area contributed by atoms with Gasteiger partial charge in [-0.3, -0.25) is 43.5 Å². The number of piperazine rings is 1. The minimum atomic E-state index is -0.858. The number of hydrogen-bond donors (Lipinski definition) is 2. The zero-order chi connectivity index (χ0) is 48.1. The van der Waals surface area contributed by atoms with Crippen LogP contribution in [0.2, 0.25) is 0 Å². The largest absolute Gasteiger partial charge is 0.373 e. The van der Waals surface area contributed by atoms with Crippen LogP contribution in [-0.2, 0) is 30.2 Å². The van der Waals surface area contributed by atoms with Gasteiger partial charge in [-0.2, -0.15) is 0 Å². The van der Waals surface area contributed by atoms with E-state index >= 15 is 4.39 Å². The molecule has 69 heavy (non-hydrogen) atoms. The molecule has 4 aliphatic heterocycles. The molecular weight excluding hydrogens is 874 g/mol. The molecule has 2 N–H and O–H groups in total. The number of aromatic nitrogens is 5. The Bertz CT molecular complexity index is 2950. The Morgan fingerprint density at radius 1 is 0.870 bits per heavy atom. The van der Waals surface area contributed by atoms with Crippen molar-refractivity contribution in [2.45, 2.75) is 83.0 Å². The number of halogens is 1. The Morgan fingerprint density at radius 2 is 1.64 bits per heavy atom. The maximum Gasteiger partial charge on any atom is 0.329 e. The van der Waals surface area contributed by atoms with Gasteiger partial charge >= 0.3 is 5.69 Å². The lowest BCUT2D eigenvalue weighted by atomic mass is 9.88. The summed E-state index contributed by atoms with van der Waals surface area (Å²) in [6.07, 6.45) is 8.20. The van der Waals surface area contributed by atoms with Crippen LogP contribution in [0.15, 0.2) is 77.9 Å². The van der Waals surface area contributed by atoms with E-state index in [4.69, 9.17) is 4.98 Å². The van der Waals surface area contributed by atoms with Crippen LogP contribution in [0.25, 0.3) is 33.2 Å². The predicted octanol–water partition coefficient (Wildman–Crippen LogP) is 6.45. The van der Waals surface area contributed by atoms with Crippen molar-refractivity contribution in [3.8, 4) is 11.1 Å². The first-order valence-corrected chi connectivity index (χ1v) is 24.8. The number of carbonyl (C=O) groups excluding carboxylic acids is 3. The van der Waals surface area contributed by atoms with Gasteiger partial charge in [0.1, 0.15) is 23.3 Å². The van der Waals surface area contributed by atoms with E-state index in [0.29, 0.717) is 35.0 Å². The third-order valence-corrected chi connectivity index (χ3v) is 15.8. The lowest BCUT2D eigenvalue weighted by Gasteiger charge is -2.42. The van der Waals surface area contributed by atoms with E-state index in [1.165, 1.54) is 26.5 Å². The molecule has 15 nitrogen and oxygen atoms in total. The first kappa shape index (κ1) is 46.5. The molecule has 0 radical (unpaired) electrons. The summed E-state index contributed by atoms with van der Waals surface area (Å²) in [6, 6.07) is 19.7. The molecule has 16 heteroatoms. The van der Waals surface area contributed by atoms with Gasteiger partial charge in [-0.25, -0.2) is 19.2 Å². The maximum atomic E-state index is 15.7. The van der Waals surface area contributed by atoms with Gasteiger partial charge < -0.3 is 14.8 Å². The first-order valence-electron chi connectivity index (χ1n) is 24.8. The highest BCUT2D eigenvalue weighted by molar-refractivity contribution is 6.00. The molecule has 362 valence electrons. The number of aryl methyl sites for hydroxylation is 2. The Labute approximate surface area is 402 Å². The number of likely N-dealkylation sites (tertiary alicyclic amines) is 2.